The molecular formula is C16H30N2. The fourth-order valence-electron chi connectivity index (χ4n) is 3.54. The lowest BCUT2D eigenvalue weighted by atomic mass is 9.63. The van der Waals surface area contributed by atoms with Gasteiger partial charge in [0.2, 0.25) is 0 Å². The van der Waals surface area contributed by atoms with Crippen LogP contribution in [0.5, 0.6) is 0 Å². The van der Waals surface area contributed by atoms with E-state index in [1.54, 1.807) is 0 Å². The van der Waals surface area contributed by atoms with Gasteiger partial charge < -0.3 is 11.5 Å². The molecule has 0 bridgehead atoms. The van der Waals surface area contributed by atoms with Gasteiger partial charge in [-0.05, 0) is 50.4 Å². The normalized spacial score (nSPS) is 35.8. The molecule has 0 radical (unpaired) electrons. The zero-order chi connectivity index (χ0) is 13.8. The third-order valence-electron chi connectivity index (χ3n) is 5.04. The molecular weight excluding hydrogens is 220 g/mol. The molecule has 4 N–H and O–H groups in total. The Morgan fingerprint density at radius 2 is 1.17 bits per heavy atom. The third-order valence-corrected chi connectivity index (χ3v) is 5.04. The first-order chi connectivity index (χ1) is 8.45. The summed E-state index contributed by atoms with van der Waals surface area (Å²) in [6, 6.07) is 0. The van der Waals surface area contributed by atoms with E-state index in [2.05, 4.69) is 27.0 Å². The molecule has 1 aliphatic carbocycles. The lowest BCUT2D eigenvalue weighted by Gasteiger charge is -2.48. The molecule has 0 spiro atoms. The lowest BCUT2D eigenvalue weighted by molar-refractivity contribution is 0.132. The van der Waals surface area contributed by atoms with Crippen LogP contribution in [0.3, 0.4) is 0 Å². The SMILES string of the molecule is C=CC(CC)C1(N)CCC(N)(C(C=C)CC)CC1. The van der Waals surface area contributed by atoms with Crippen LogP contribution in [0.25, 0.3) is 0 Å². The predicted molar refractivity (Wildman–Crippen MR) is 80.3 cm³/mol. The average Bonchev–Trinajstić information content (AvgIpc) is 2.36. The summed E-state index contributed by atoms with van der Waals surface area (Å²) in [4.78, 5) is 0. The largest absolute Gasteiger partial charge is 0.325 e. The van der Waals surface area contributed by atoms with Crippen LogP contribution < -0.4 is 11.5 Å². The molecule has 2 unspecified atom stereocenters. The van der Waals surface area contributed by atoms with Gasteiger partial charge in [-0.3, -0.25) is 0 Å². The fraction of sp³-hybridized carbons (Fsp3) is 0.750. The lowest BCUT2D eigenvalue weighted by Crippen LogP contribution is -2.58. The minimum Gasteiger partial charge on any atom is -0.325 e. The summed E-state index contributed by atoms with van der Waals surface area (Å²) in [5.74, 6) is 0.816. The summed E-state index contributed by atoms with van der Waals surface area (Å²) in [7, 11) is 0. The van der Waals surface area contributed by atoms with Crippen molar-refractivity contribution in [2.45, 2.75) is 63.5 Å². The topological polar surface area (TPSA) is 52.0 Å². The first kappa shape index (κ1) is 15.5. The molecule has 0 amide bonds. The van der Waals surface area contributed by atoms with Crippen molar-refractivity contribution in [1.29, 1.82) is 0 Å². The maximum Gasteiger partial charge on any atom is 0.0218 e. The monoisotopic (exact) mass is 250 g/mol. The highest BCUT2D eigenvalue weighted by atomic mass is 14.8. The van der Waals surface area contributed by atoms with Gasteiger partial charge in [0.05, 0.1) is 0 Å². The van der Waals surface area contributed by atoms with Gasteiger partial charge in [-0.15, -0.1) is 13.2 Å². The Labute approximate surface area is 113 Å². The fourth-order valence-corrected chi connectivity index (χ4v) is 3.54. The average molecular weight is 250 g/mol. The predicted octanol–water partition coefficient (Wildman–Crippen LogP) is 3.38. The molecule has 2 atom stereocenters. The van der Waals surface area contributed by atoms with Crippen molar-refractivity contribution in [3.05, 3.63) is 25.3 Å². The van der Waals surface area contributed by atoms with Crippen molar-refractivity contribution in [1.82, 2.24) is 0 Å². The molecule has 1 rings (SSSR count). The Hall–Kier alpha value is -0.600. The minimum absolute atomic E-state index is 0.0984. The van der Waals surface area contributed by atoms with Crippen LogP contribution in [0.1, 0.15) is 52.4 Å². The molecule has 1 fully saturated rings. The van der Waals surface area contributed by atoms with Crippen LogP contribution in [0.4, 0.5) is 0 Å². The van der Waals surface area contributed by atoms with E-state index in [1.807, 2.05) is 12.2 Å². The van der Waals surface area contributed by atoms with E-state index >= 15 is 0 Å². The van der Waals surface area contributed by atoms with Crippen molar-refractivity contribution in [3.63, 3.8) is 0 Å². The van der Waals surface area contributed by atoms with Gasteiger partial charge in [-0.2, -0.15) is 0 Å². The molecule has 0 aromatic heterocycles. The molecule has 1 aliphatic rings. The Morgan fingerprint density at radius 3 is 1.33 bits per heavy atom. The highest BCUT2D eigenvalue weighted by molar-refractivity contribution is 5.09. The molecule has 0 heterocycles. The Kier molecular flexibility index (Phi) is 5.18. The molecule has 0 saturated heterocycles. The Balaban J connectivity index is 2.75. The summed E-state index contributed by atoms with van der Waals surface area (Å²) in [5.41, 5.74) is 13.0. The number of rotatable bonds is 6. The highest BCUT2D eigenvalue weighted by Gasteiger charge is 2.43. The van der Waals surface area contributed by atoms with Crippen LogP contribution >= 0.6 is 0 Å². The van der Waals surface area contributed by atoms with Crippen molar-refractivity contribution in [3.8, 4) is 0 Å². The molecule has 2 nitrogen and oxygen atoms in total. The quantitative estimate of drug-likeness (QED) is 0.710. The van der Waals surface area contributed by atoms with Gasteiger partial charge in [-0.25, -0.2) is 0 Å². The first-order valence-electron chi connectivity index (χ1n) is 7.28. The number of nitrogens with two attached hydrogens (primary N) is 2. The van der Waals surface area contributed by atoms with Gasteiger partial charge in [0, 0.05) is 11.1 Å². The standard InChI is InChI=1S/C16H30N2/c1-5-13(6-2)15(17)9-11-16(18,12-10-15)14(7-3)8-4/h5,7,13-14H,1,3,6,8-12,17-18H2,2,4H3. The van der Waals surface area contributed by atoms with Gasteiger partial charge in [0.15, 0.2) is 0 Å². The molecule has 18 heavy (non-hydrogen) atoms. The van der Waals surface area contributed by atoms with E-state index in [9.17, 15) is 0 Å². The zero-order valence-electron chi connectivity index (χ0n) is 12.1. The zero-order valence-corrected chi connectivity index (χ0v) is 12.1. The van der Waals surface area contributed by atoms with Crippen LogP contribution in [0, 0.1) is 11.8 Å². The summed E-state index contributed by atoms with van der Waals surface area (Å²) in [6.07, 6.45) is 10.2. The third kappa shape index (κ3) is 2.86. The van der Waals surface area contributed by atoms with Gasteiger partial charge >= 0.3 is 0 Å². The van der Waals surface area contributed by atoms with E-state index in [1.165, 1.54) is 0 Å². The minimum atomic E-state index is -0.0984. The van der Waals surface area contributed by atoms with Crippen molar-refractivity contribution >= 4 is 0 Å². The Bertz CT molecular complexity index is 257. The van der Waals surface area contributed by atoms with Gasteiger partial charge in [0.1, 0.15) is 0 Å². The van der Waals surface area contributed by atoms with E-state index in [-0.39, 0.29) is 11.1 Å². The van der Waals surface area contributed by atoms with E-state index in [0.717, 1.165) is 38.5 Å². The maximum atomic E-state index is 6.58. The second-order valence-corrected chi connectivity index (χ2v) is 5.97. The molecule has 0 aromatic rings. The maximum absolute atomic E-state index is 6.58. The van der Waals surface area contributed by atoms with Gasteiger partial charge in [-0.1, -0.05) is 26.0 Å². The van der Waals surface area contributed by atoms with Crippen molar-refractivity contribution in [2.24, 2.45) is 23.3 Å². The second kappa shape index (κ2) is 6.03. The van der Waals surface area contributed by atoms with E-state index in [4.69, 9.17) is 11.5 Å². The van der Waals surface area contributed by atoms with Crippen LogP contribution in [-0.4, -0.2) is 11.1 Å². The smallest absolute Gasteiger partial charge is 0.0218 e. The molecule has 1 saturated carbocycles. The van der Waals surface area contributed by atoms with Crippen LogP contribution in [0.15, 0.2) is 25.3 Å². The molecule has 0 aliphatic heterocycles. The van der Waals surface area contributed by atoms with Gasteiger partial charge in [0.25, 0.3) is 0 Å². The summed E-state index contributed by atoms with van der Waals surface area (Å²) >= 11 is 0. The number of hydrogen-bond donors (Lipinski definition) is 2. The highest BCUT2D eigenvalue weighted by Crippen LogP contribution is 2.42. The Morgan fingerprint density at radius 1 is 0.889 bits per heavy atom. The molecule has 0 aromatic carbocycles. The first-order valence-corrected chi connectivity index (χ1v) is 7.28. The summed E-state index contributed by atoms with van der Waals surface area (Å²) in [5, 5.41) is 0. The van der Waals surface area contributed by atoms with Crippen molar-refractivity contribution in [2.75, 3.05) is 0 Å². The number of hydrogen-bond acceptors (Lipinski definition) is 2. The van der Waals surface area contributed by atoms with Crippen molar-refractivity contribution < 1.29 is 0 Å². The van der Waals surface area contributed by atoms with E-state index < -0.39 is 0 Å². The molecule has 2 heteroatoms. The summed E-state index contributed by atoms with van der Waals surface area (Å²) < 4.78 is 0. The van der Waals surface area contributed by atoms with Crippen LogP contribution in [0.2, 0.25) is 0 Å². The molecule has 104 valence electrons. The second-order valence-electron chi connectivity index (χ2n) is 5.97. The summed E-state index contributed by atoms with van der Waals surface area (Å²) in [6.45, 7) is 12.2. The van der Waals surface area contributed by atoms with E-state index in [0.29, 0.717) is 11.8 Å². The van der Waals surface area contributed by atoms with Crippen LogP contribution in [-0.2, 0) is 0 Å².